The Kier molecular flexibility index (Phi) is 75.4. The highest BCUT2D eigenvalue weighted by Crippen LogP contribution is 2.45. The van der Waals surface area contributed by atoms with Crippen LogP contribution >= 0.6 is 15.6 Å². The third kappa shape index (κ3) is 76.6. The fourth-order valence-corrected chi connectivity index (χ4v) is 14.7. The van der Waals surface area contributed by atoms with Gasteiger partial charge < -0.3 is 33.8 Å². The summed E-state index contributed by atoms with van der Waals surface area (Å²) in [5.41, 5.74) is 0. The van der Waals surface area contributed by atoms with E-state index < -0.39 is 97.5 Å². The van der Waals surface area contributed by atoms with Gasteiger partial charge in [0.1, 0.15) is 19.3 Å². The number of ether oxygens (including phenoxy) is 4. The van der Waals surface area contributed by atoms with Crippen LogP contribution in [0.5, 0.6) is 0 Å². The molecular weight excluding hydrogens is 1340 g/mol. The van der Waals surface area contributed by atoms with Gasteiger partial charge in [0.15, 0.2) is 12.2 Å². The Bertz CT molecular complexity index is 1960. The lowest BCUT2D eigenvalue weighted by Gasteiger charge is -2.21. The van der Waals surface area contributed by atoms with E-state index in [2.05, 4.69) is 34.6 Å². The minimum Gasteiger partial charge on any atom is -0.462 e. The first kappa shape index (κ1) is 101. The highest BCUT2D eigenvalue weighted by Gasteiger charge is 2.30. The summed E-state index contributed by atoms with van der Waals surface area (Å²) in [5.74, 6) is -1.37. The molecule has 6 atom stereocenters. The highest BCUT2D eigenvalue weighted by atomic mass is 31.2. The van der Waals surface area contributed by atoms with Gasteiger partial charge >= 0.3 is 39.5 Å². The van der Waals surface area contributed by atoms with Crippen LogP contribution in [0.25, 0.3) is 0 Å². The molecule has 0 saturated carbocycles. The Balaban J connectivity index is 5.23. The third-order valence-corrected chi connectivity index (χ3v) is 22.0. The van der Waals surface area contributed by atoms with E-state index in [0.29, 0.717) is 25.7 Å². The second-order valence-electron chi connectivity index (χ2n) is 30.5. The lowest BCUT2D eigenvalue weighted by Crippen LogP contribution is -2.30. The standard InChI is InChI=1S/C84H164O17P2/c1-6-10-13-16-19-22-25-28-31-34-36-38-41-44-47-50-53-60-65-69-83(88)100-79(73-94-81(86)67-62-57-51-48-45-42-40-37-35-32-29-26-23-20-17-14-11-7-2)75-98-102(90,91)96-71-78(85)72-97-103(92,93)99-76-80(74-95-82(87)68-63-58-55-54-56-61-66-77(5)9-4)101-84(89)70-64-59-52-49-46-43-39-33-30-27-24-21-18-15-12-8-3/h77-80,85H,6-76H2,1-5H3,(H,90,91)(H,92,93)/t77?,78-,79-,80-/m1/s1. The summed E-state index contributed by atoms with van der Waals surface area (Å²) >= 11 is 0. The van der Waals surface area contributed by atoms with Crippen molar-refractivity contribution in [3.05, 3.63) is 0 Å². The molecule has 0 bridgehead atoms. The van der Waals surface area contributed by atoms with Gasteiger partial charge in [0.2, 0.25) is 0 Å². The molecule has 0 spiro atoms. The molecule has 0 saturated heterocycles. The predicted octanol–water partition coefficient (Wildman–Crippen LogP) is 25.6. The molecule has 0 aliphatic carbocycles. The lowest BCUT2D eigenvalue weighted by molar-refractivity contribution is -0.161. The second kappa shape index (κ2) is 76.8. The van der Waals surface area contributed by atoms with E-state index >= 15 is 0 Å². The minimum atomic E-state index is -4.96. The summed E-state index contributed by atoms with van der Waals surface area (Å²) in [4.78, 5) is 73.1. The van der Waals surface area contributed by atoms with Gasteiger partial charge in [0, 0.05) is 25.7 Å². The van der Waals surface area contributed by atoms with Crippen LogP contribution in [-0.4, -0.2) is 96.7 Å². The monoisotopic (exact) mass is 1510 g/mol. The molecule has 0 radical (unpaired) electrons. The average Bonchev–Trinajstić information content (AvgIpc) is 0.945. The molecule has 0 fully saturated rings. The van der Waals surface area contributed by atoms with E-state index in [1.54, 1.807) is 0 Å². The zero-order valence-corrected chi connectivity index (χ0v) is 69.3. The molecule has 3 N–H and O–H groups in total. The Hall–Kier alpha value is -1.94. The van der Waals surface area contributed by atoms with Crippen LogP contribution in [0.15, 0.2) is 0 Å². The molecule has 0 rings (SSSR count). The molecule has 19 heteroatoms. The second-order valence-corrected chi connectivity index (χ2v) is 33.4. The molecule has 17 nitrogen and oxygen atoms in total. The van der Waals surface area contributed by atoms with Crippen LogP contribution in [0, 0.1) is 5.92 Å². The fourth-order valence-electron chi connectivity index (χ4n) is 13.1. The maximum absolute atomic E-state index is 13.1. The SMILES string of the molecule is CCCCCCCCCCCCCCCCCCCCCC(=O)O[C@H](COC(=O)CCCCCCCCCCCCCCCCCCCC)COP(=O)(O)OC[C@@H](O)COP(=O)(O)OC[C@@H](COC(=O)CCCCCCCCC(C)CC)OC(=O)CCCCCCCCCCCCCCCCCC. The van der Waals surface area contributed by atoms with Gasteiger partial charge in [-0.25, -0.2) is 9.13 Å². The van der Waals surface area contributed by atoms with Crippen molar-refractivity contribution >= 4 is 39.5 Å². The molecule has 0 aromatic rings. The molecule has 3 unspecified atom stereocenters. The first-order valence-electron chi connectivity index (χ1n) is 43.7. The number of rotatable bonds is 84. The number of hydrogen-bond acceptors (Lipinski definition) is 15. The summed E-state index contributed by atoms with van der Waals surface area (Å²) < 4.78 is 68.8. The molecule has 0 amide bonds. The van der Waals surface area contributed by atoms with Crippen molar-refractivity contribution in [2.24, 2.45) is 5.92 Å². The number of phosphoric ester groups is 2. The lowest BCUT2D eigenvalue weighted by atomic mass is 10.00. The minimum absolute atomic E-state index is 0.108. The maximum atomic E-state index is 13.1. The summed E-state index contributed by atoms with van der Waals surface area (Å²) in [6, 6.07) is 0. The van der Waals surface area contributed by atoms with Crippen molar-refractivity contribution < 1.29 is 80.2 Å². The van der Waals surface area contributed by atoms with Gasteiger partial charge in [-0.2, -0.15) is 0 Å². The molecule has 612 valence electrons. The summed E-state index contributed by atoms with van der Waals surface area (Å²) in [7, 11) is -9.92. The number of carbonyl (C=O) groups is 4. The maximum Gasteiger partial charge on any atom is 0.472 e. The number of hydrogen-bond donors (Lipinski definition) is 3. The molecule has 0 aliphatic rings. The van der Waals surface area contributed by atoms with E-state index in [4.69, 9.17) is 37.0 Å². The normalized spacial score (nSPS) is 14.1. The number of aliphatic hydroxyl groups excluding tert-OH is 1. The molecule has 0 aromatic heterocycles. The van der Waals surface area contributed by atoms with Crippen LogP contribution in [-0.2, 0) is 65.4 Å². The average molecular weight is 1510 g/mol. The first-order chi connectivity index (χ1) is 50.1. The van der Waals surface area contributed by atoms with Crippen LogP contribution in [0.3, 0.4) is 0 Å². The van der Waals surface area contributed by atoms with E-state index in [1.807, 2.05) is 0 Å². The number of unbranched alkanes of at least 4 members (excludes halogenated alkanes) is 55. The van der Waals surface area contributed by atoms with Crippen molar-refractivity contribution in [1.82, 2.24) is 0 Å². The molecule has 0 aliphatic heterocycles. The molecule has 0 aromatic carbocycles. The van der Waals surface area contributed by atoms with Gasteiger partial charge in [-0.05, 0) is 31.6 Å². The zero-order chi connectivity index (χ0) is 75.5. The first-order valence-corrected chi connectivity index (χ1v) is 46.7. The Morgan fingerprint density at radius 1 is 0.272 bits per heavy atom. The largest absolute Gasteiger partial charge is 0.472 e. The van der Waals surface area contributed by atoms with E-state index in [0.717, 1.165) is 102 Å². The van der Waals surface area contributed by atoms with Gasteiger partial charge in [-0.15, -0.1) is 0 Å². The van der Waals surface area contributed by atoms with E-state index in [9.17, 15) is 43.2 Å². The van der Waals surface area contributed by atoms with Crippen molar-refractivity contribution in [2.45, 2.75) is 470 Å². The quantitative estimate of drug-likeness (QED) is 0.0222. The van der Waals surface area contributed by atoms with Gasteiger partial charge in [-0.3, -0.25) is 37.3 Å². The number of phosphoric acid groups is 2. The van der Waals surface area contributed by atoms with Crippen LogP contribution in [0.2, 0.25) is 0 Å². The Morgan fingerprint density at radius 2 is 0.466 bits per heavy atom. The van der Waals surface area contributed by atoms with E-state index in [1.165, 1.54) is 270 Å². The highest BCUT2D eigenvalue weighted by molar-refractivity contribution is 7.47. The fraction of sp³-hybridized carbons (Fsp3) is 0.952. The van der Waals surface area contributed by atoms with E-state index in [-0.39, 0.29) is 25.7 Å². The van der Waals surface area contributed by atoms with Crippen molar-refractivity contribution in [1.29, 1.82) is 0 Å². The topological polar surface area (TPSA) is 237 Å². The third-order valence-electron chi connectivity index (χ3n) is 20.1. The van der Waals surface area contributed by atoms with Crippen LogP contribution in [0.1, 0.15) is 452 Å². The summed E-state index contributed by atoms with van der Waals surface area (Å²) in [5, 5.41) is 10.7. The molecule has 103 heavy (non-hydrogen) atoms. The summed E-state index contributed by atoms with van der Waals surface area (Å²) in [6.45, 7) is 7.32. The van der Waals surface area contributed by atoms with Crippen LogP contribution < -0.4 is 0 Å². The molecule has 0 heterocycles. The number of carbonyl (C=O) groups excluding carboxylic acids is 4. The number of aliphatic hydroxyl groups is 1. The van der Waals surface area contributed by atoms with Crippen molar-refractivity contribution in [3.63, 3.8) is 0 Å². The number of esters is 4. The van der Waals surface area contributed by atoms with Crippen molar-refractivity contribution in [3.8, 4) is 0 Å². The summed E-state index contributed by atoms with van der Waals surface area (Å²) in [6.07, 6.45) is 69.4. The Morgan fingerprint density at radius 3 is 0.689 bits per heavy atom. The van der Waals surface area contributed by atoms with Gasteiger partial charge in [-0.1, -0.05) is 401 Å². The van der Waals surface area contributed by atoms with Gasteiger partial charge in [0.05, 0.1) is 26.4 Å². The zero-order valence-electron chi connectivity index (χ0n) is 67.5. The predicted molar refractivity (Wildman–Crippen MR) is 423 cm³/mol. The van der Waals surface area contributed by atoms with Gasteiger partial charge in [0.25, 0.3) is 0 Å². The van der Waals surface area contributed by atoms with Crippen LogP contribution in [0.4, 0.5) is 0 Å². The Labute approximate surface area is 632 Å². The van der Waals surface area contributed by atoms with Crippen molar-refractivity contribution in [2.75, 3.05) is 39.6 Å². The molecular formula is C84H164O17P2. The smallest absolute Gasteiger partial charge is 0.462 e.